The minimum Gasteiger partial charge on any atom is -0.396 e. The van der Waals surface area contributed by atoms with Crippen LogP contribution in [-0.2, 0) is 9.47 Å². The molecule has 0 aromatic rings. The topological polar surface area (TPSA) is 58.9 Å². The Kier molecular flexibility index (Phi) is 8.12. The molecule has 2 aliphatic heterocycles. The molecule has 0 aromatic heterocycles. The van der Waals surface area contributed by atoms with E-state index in [2.05, 4.69) is 25.8 Å². The number of aliphatic hydroxyl groups excluding tert-OH is 2. The van der Waals surface area contributed by atoms with Gasteiger partial charge in [0, 0.05) is 25.4 Å². The molecular weight excluding hydrogens is 340 g/mol. The summed E-state index contributed by atoms with van der Waals surface area (Å²) in [7, 11) is 0. The number of hydrogen-bond donors (Lipinski definition) is 2. The van der Waals surface area contributed by atoms with Gasteiger partial charge in [-0.05, 0) is 38.0 Å². The SMILES string of the molecule is C#C[C@H]1O[C@]2(CC[C@H]1C)CC[C@H](C)[C@@H](C/C=C(C)/C=C/[C@H](O)[C@@H](C)CO)O2. The van der Waals surface area contributed by atoms with Gasteiger partial charge in [0.2, 0.25) is 0 Å². The summed E-state index contributed by atoms with van der Waals surface area (Å²) in [6.07, 6.45) is 15.5. The van der Waals surface area contributed by atoms with Crippen LogP contribution in [0.2, 0.25) is 0 Å². The molecule has 0 radical (unpaired) electrons. The van der Waals surface area contributed by atoms with Crippen LogP contribution in [0.5, 0.6) is 0 Å². The number of terminal acetylenes is 1. The van der Waals surface area contributed by atoms with Gasteiger partial charge in [-0.1, -0.05) is 50.5 Å². The van der Waals surface area contributed by atoms with Crippen LogP contribution in [0.25, 0.3) is 0 Å². The summed E-state index contributed by atoms with van der Waals surface area (Å²) in [5.41, 5.74) is 1.08. The van der Waals surface area contributed by atoms with E-state index in [-0.39, 0.29) is 24.7 Å². The number of hydrogen-bond acceptors (Lipinski definition) is 4. The molecule has 4 heteroatoms. The van der Waals surface area contributed by atoms with Crippen LogP contribution >= 0.6 is 0 Å². The van der Waals surface area contributed by atoms with Gasteiger partial charge in [-0.15, -0.1) is 6.42 Å². The summed E-state index contributed by atoms with van der Waals surface area (Å²) in [6, 6.07) is 0. The van der Waals surface area contributed by atoms with Crippen LogP contribution in [0.4, 0.5) is 0 Å². The van der Waals surface area contributed by atoms with Crippen LogP contribution in [-0.4, -0.2) is 40.9 Å². The molecule has 152 valence electrons. The normalized spacial score (nSPS) is 37.3. The first-order valence-electron chi connectivity index (χ1n) is 10.3. The minimum atomic E-state index is -0.634. The number of ether oxygens (including phenoxy) is 2. The van der Waals surface area contributed by atoms with E-state index in [1.165, 1.54) is 0 Å². The third-order valence-electron chi connectivity index (χ3n) is 6.08. The van der Waals surface area contributed by atoms with Gasteiger partial charge in [0.15, 0.2) is 5.79 Å². The van der Waals surface area contributed by atoms with E-state index in [0.29, 0.717) is 11.8 Å². The third-order valence-corrected chi connectivity index (χ3v) is 6.08. The van der Waals surface area contributed by atoms with Gasteiger partial charge in [-0.2, -0.15) is 0 Å². The molecule has 2 saturated heterocycles. The molecular formula is C23H36O4. The van der Waals surface area contributed by atoms with Gasteiger partial charge in [-0.3, -0.25) is 0 Å². The molecule has 27 heavy (non-hydrogen) atoms. The van der Waals surface area contributed by atoms with Gasteiger partial charge in [0.25, 0.3) is 0 Å². The van der Waals surface area contributed by atoms with Gasteiger partial charge in [0.05, 0.1) is 12.2 Å². The van der Waals surface area contributed by atoms with Gasteiger partial charge in [0.1, 0.15) is 6.10 Å². The largest absolute Gasteiger partial charge is 0.396 e. The van der Waals surface area contributed by atoms with Crippen molar-refractivity contribution in [2.75, 3.05) is 6.61 Å². The Balaban J connectivity index is 1.97. The molecule has 2 fully saturated rings. The molecule has 0 aliphatic carbocycles. The summed E-state index contributed by atoms with van der Waals surface area (Å²) in [5.74, 6) is 2.94. The monoisotopic (exact) mass is 376 g/mol. The lowest BCUT2D eigenvalue weighted by Crippen LogP contribution is -2.51. The summed E-state index contributed by atoms with van der Waals surface area (Å²) in [4.78, 5) is 0. The van der Waals surface area contributed by atoms with Crippen LogP contribution in [0.15, 0.2) is 23.8 Å². The molecule has 0 saturated carbocycles. The Bertz CT molecular complexity index is 571. The van der Waals surface area contributed by atoms with Crippen molar-refractivity contribution in [1.82, 2.24) is 0 Å². The predicted octanol–water partition coefficient (Wildman–Crippen LogP) is 3.83. The highest BCUT2D eigenvalue weighted by Crippen LogP contribution is 2.43. The summed E-state index contributed by atoms with van der Waals surface area (Å²) < 4.78 is 12.7. The van der Waals surface area contributed by atoms with Crippen LogP contribution < -0.4 is 0 Å². The quantitative estimate of drug-likeness (QED) is 0.546. The highest BCUT2D eigenvalue weighted by molar-refractivity contribution is 5.17. The van der Waals surface area contributed by atoms with Crippen molar-refractivity contribution in [3.63, 3.8) is 0 Å². The predicted molar refractivity (Wildman–Crippen MR) is 108 cm³/mol. The van der Waals surface area contributed by atoms with Crippen LogP contribution in [0, 0.1) is 30.1 Å². The average molecular weight is 377 g/mol. The highest BCUT2D eigenvalue weighted by Gasteiger charge is 2.45. The third kappa shape index (κ3) is 5.93. The van der Waals surface area contributed by atoms with Gasteiger partial charge in [-0.25, -0.2) is 0 Å². The second-order valence-electron chi connectivity index (χ2n) is 8.50. The van der Waals surface area contributed by atoms with E-state index in [4.69, 9.17) is 21.0 Å². The van der Waals surface area contributed by atoms with E-state index >= 15 is 0 Å². The Hall–Kier alpha value is -1.12. The van der Waals surface area contributed by atoms with E-state index in [0.717, 1.165) is 37.7 Å². The maximum Gasteiger partial charge on any atom is 0.170 e. The first-order valence-corrected chi connectivity index (χ1v) is 10.3. The first-order chi connectivity index (χ1) is 12.8. The number of allylic oxidation sites excluding steroid dienone is 2. The Morgan fingerprint density at radius 3 is 2.56 bits per heavy atom. The van der Waals surface area contributed by atoms with Crippen molar-refractivity contribution in [3.8, 4) is 12.3 Å². The lowest BCUT2D eigenvalue weighted by atomic mass is 9.84. The molecule has 2 N–H and O–H groups in total. The van der Waals surface area contributed by atoms with Crippen molar-refractivity contribution in [1.29, 1.82) is 0 Å². The van der Waals surface area contributed by atoms with Crippen LogP contribution in [0.1, 0.15) is 59.8 Å². The average Bonchev–Trinajstić information content (AvgIpc) is 2.68. The van der Waals surface area contributed by atoms with E-state index < -0.39 is 11.9 Å². The van der Waals surface area contributed by atoms with Crippen molar-refractivity contribution >= 4 is 0 Å². The molecule has 1 spiro atoms. The Labute approximate surface area is 164 Å². The standard InChI is InChI=1S/C23H36O4/c1-6-21-17(3)11-13-23(26-21)14-12-18(4)22(27-23)10-8-16(2)7-9-20(25)19(5)15-24/h1,7-9,17-22,24-25H,10-15H2,2-5H3/b9-7+,16-8+/t17-,18+,19+,20+,21-,22-,23+/m1/s1. The second kappa shape index (κ2) is 9.89. The van der Waals surface area contributed by atoms with Crippen molar-refractivity contribution in [3.05, 3.63) is 23.8 Å². The van der Waals surface area contributed by atoms with Gasteiger partial charge < -0.3 is 19.7 Å². The fraction of sp³-hybridized carbons (Fsp3) is 0.739. The minimum absolute atomic E-state index is 0.0267. The molecule has 4 nitrogen and oxygen atoms in total. The lowest BCUT2D eigenvalue weighted by Gasteiger charge is -2.48. The van der Waals surface area contributed by atoms with E-state index in [1.54, 1.807) is 6.08 Å². The molecule has 2 aliphatic rings. The highest BCUT2D eigenvalue weighted by atomic mass is 16.7. The summed E-state index contributed by atoms with van der Waals surface area (Å²) >= 11 is 0. The molecule has 2 rings (SSSR count). The summed E-state index contributed by atoms with van der Waals surface area (Å²) in [6.45, 7) is 8.18. The molecule has 0 unspecified atom stereocenters. The molecule has 7 atom stereocenters. The van der Waals surface area contributed by atoms with Crippen molar-refractivity contribution in [2.24, 2.45) is 17.8 Å². The van der Waals surface area contributed by atoms with Crippen molar-refractivity contribution < 1.29 is 19.7 Å². The smallest absolute Gasteiger partial charge is 0.170 e. The lowest BCUT2D eigenvalue weighted by molar-refractivity contribution is -0.321. The zero-order valence-electron chi connectivity index (χ0n) is 17.2. The molecule has 0 amide bonds. The maximum atomic E-state index is 9.93. The summed E-state index contributed by atoms with van der Waals surface area (Å²) in [5, 5.41) is 19.0. The fourth-order valence-electron chi connectivity index (χ4n) is 3.76. The van der Waals surface area contributed by atoms with E-state index in [9.17, 15) is 5.11 Å². The van der Waals surface area contributed by atoms with Gasteiger partial charge >= 0.3 is 0 Å². The zero-order chi connectivity index (χ0) is 20.0. The fourth-order valence-corrected chi connectivity index (χ4v) is 3.76. The number of aliphatic hydroxyl groups is 2. The second-order valence-corrected chi connectivity index (χ2v) is 8.50. The van der Waals surface area contributed by atoms with Crippen LogP contribution in [0.3, 0.4) is 0 Å². The first kappa shape index (κ1) is 22.2. The molecule has 2 heterocycles. The molecule has 0 bridgehead atoms. The zero-order valence-corrected chi connectivity index (χ0v) is 17.2. The molecule has 0 aromatic carbocycles. The van der Waals surface area contributed by atoms with E-state index in [1.807, 2.05) is 19.9 Å². The maximum absolute atomic E-state index is 9.93. The Morgan fingerprint density at radius 2 is 1.93 bits per heavy atom. The Morgan fingerprint density at radius 1 is 1.26 bits per heavy atom. The number of rotatable bonds is 6. The van der Waals surface area contributed by atoms with Crippen molar-refractivity contribution in [2.45, 2.75) is 83.9 Å².